The van der Waals surface area contributed by atoms with Gasteiger partial charge in [0.15, 0.2) is 0 Å². The number of carbonyl (C=O) groups excluding carboxylic acids is 2. The number of fused-ring (bicyclic) bond motifs is 2. The minimum Gasteiger partial charge on any atom is -0.298 e. The molecule has 2 aliphatic heterocycles. The molecule has 10 heteroatoms. The summed E-state index contributed by atoms with van der Waals surface area (Å²) < 4.78 is 56.8. The van der Waals surface area contributed by atoms with E-state index >= 15 is 0 Å². The number of hydrogen-bond acceptors (Lipinski definition) is 6. The van der Waals surface area contributed by atoms with Gasteiger partial charge < -0.3 is 0 Å². The number of ketones is 2. The number of allylic oxidation sites excluding steroid dienone is 2. The van der Waals surface area contributed by atoms with Gasteiger partial charge in [-0.05, 0) is 114 Å². The van der Waals surface area contributed by atoms with Crippen LogP contribution in [0.1, 0.15) is 102 Å². The highest BCUT2D eigenvalue weighted by Crippen LogP contribution is 2.64. The zero-order chi connectivity index (χ0) is 38.9. The smallest absolute Gasteiger partial charge is 0.243 e. The number of rotatable bonds is 6. The summed E-state index contributed by atoms with van der Waals surface area (Å²) >= 11 is 0. The Balaban J connectivity index is 0.000000167. The first-order chi connectivity index (χ1) is 25.4. The van der Waals surface area contributed by atoms with Crippen molar-refractivity contribution in [1.29, 1.82) is 0 Å². The van der Waals surface area contributed by atoms with Crippen LogP contribution in [0.25, 0.3) is 0 Å². The molecule has 2 aromatic carbocycles. The Morgan fingerprint density at radius 1 is 0.593 bits per heavy atom. The van der Waals surface area contributed by atoms with Crippen molar-refractivity contribution in [3.8, 4) is 0 Å². The molecule has 0 N–H and O–H groups in total. The molecule has 2 saturated heterocycles. The van der Waals surface area contributed by atoms with Gasteiger partial charge in [-0.25, -0.2) is 16.8 Å². The molecule has 54 heavy (non-hydrogen) atoms. The molecule has 4 saturated carbocycles. The number of hydrogen-bond donors (Lipinski definition) is 0. The first-order valence-corrected chi connectivity index (χ1v) is 22.8. The molecule has 2 aromatic rings. The fraction of sp³-hybridized carbons (Fsp3) is 0.591. The van der Waals surface area contributed by atoms with Gasteiger partial charge in [0.25, 0.3) is 0 Å². The molecule has 0 aromatic heterocycles. The molecule has 0 radical (unpaired) electrons. The quantitative estimate of drug-likeness (QED) is 0.274. The van der Waals surface area contributed by atoms with Crippen molar-refractivity contribution in [2.45, 2.75) is 115 Å². The van der Waals surface area contributed by atoms with Crippen molar-refractivity contribution in [3.05, 3.63) is 84.0 Å². The van der Waals surface area contributed by atoms with Crippen LogP contribution in [0.2, 0.25) is 0 Å². The van der Waals surface area contributed by atoms with Crippen molar-refractivity contribution in [2.24, 2.45) is 33.5 Å². The van der Waals surface area contributed by atoms with Crippen LogP contribution in [0.5, 0.6) is 0 Å². The minimum absolute atomic E-state index is 0.0148. The third-order valence-electron chi connectivity index (χ3n) is 14.7. The van der Waals surface area contributed by atoms with Crippen molar-refractivity contribution in [1.82, 2.24) is 8.61 Å². The molecule has 6 fully saturated rings. The van der Waals surface area contributed by atoms with E-state index in [4.69, 9.17) is 0 Å². The van der Waals surface area contributed by atoms with Gasteiger partial charge >= 0.3 is 0 Å². The fourth-order valence-corrected chi connectivity index (χ4v) is 14.7. The first kappa shape index (κ1) is 39.3. The van der Waals surface area contributed by atoms with E-state index < -0.39 is 30.9 Å². The van der Waals surface area contributed by atoms with Crippen LogP contribution in [0.3, 0.4) is 0 Å². The Hall–Kier alpha value is -2.92. The molecule has 8 nitrogen and oxygen atoms in total. The largest absolute Gasteiger partial charge is 0.298 e. The van der Waals surface area contributed by atoms with Gasteiger partial charge in [-0.3, -0.25) is 9.59 Å². The molecule has 8 rings (SSSR count). The lowest BCUT2D eigenvalue weighted by atomic mass is 9.68. The van der Waals surface area contributed by atoms with Gasteiger partial charge in [-0.1, -0.05) is 85.4 Å². The first-order valence-electron chi connectivity index (χ1n) is 20.0. The van der Waals surface area contributed by atoms with Gasteiger partial charge in [0, 0.05) is 38.0 Å². The van der Waals surface area contributed by atoms with Crippen LogP contribution >= 0.6 is 0 Å². The molecular formula is C44H58N2O6S2. The fourth-order valence-electron chi connectivity index (χ4n) is 11.6. The monoisotopic (exact) mass is 774 g/mol. The minimum atomic E-state index is -3.56. The van der Waals surface area contributed by atoms with Gasteiger partial charge in [0.1, 0.15) is 11.6 Å². The second-order valence-electron chi connectivity index (χ2n) is 17.9. The molecule has 2 heterocycles. The Morgan fingerprint density at radius 2 is 0.944 bits per heavy atom. The van der Waals surface area contributed by atoms with E-state index in [0.29, 0.717) is 60.4 Å². The zero-order valence-electron chi connectivity index (χ0n) is 32.7. The number of nitrogens with zero attached hydrogens (tertiary/aromatic N) is 2. The second-order valence-corrected chi connectivity index (χ2v) is 21.8. The van der Waals surface area contributed by atoms with Crippen molar-refractivity contribution in [2.75, 3.05) is 26.2 Å². The highest BCUT2D eigenvalue weighted by Gasteiger charge is 2.65. The topological polar surface area (TPSA) is 109 Å². The third-order valence-corrected chi connectivity index (χ3v) is 18.4. The van der Waals surface area contributed by atoms with Crippen LogP contribution in [-0.4, -0.2) is 63.2 Å². The maximum absolute atomic E-state index is 13.4. The number of aryl methyl sites for hydroxylation is 2. The molecule has 4 aliphatic carbocycles. The Bertz CT molecular complexity index is 1930. The molecule has 292 valence electrons. The predicted molar refractivity (Wildman–Crippen MR) is 212 cm³/mol. The van der Waals surface area contributed by atoms with Crippen molar-refractivity contribution < 1.29 is 26.4 Å². The molecular weight excluding hydrogens is 717 g/mol. The van der Waals surface area contributed by atoms with Crippen LogP contribution < -0.4 is 0 Å². The number of Topliss-reactive ketones (excluding diaryl/α,β-unsaturated/α-hetero) is 2. The van der Waals surface area contributed by atoms with E-state index in [9.17, 15) is 26.4 Å². The lowest BCUT2D eigenvalue weighted by Crippen LogP contribution is -2.46. The van der Waals surface area contributed by atoms with Gasteiger partial charge in [0.2, 0.25) is 20.0 Å². The highest BCUT2D eigenvalue weighted by molar-refractivity contribution is 7.89. The molecule has 0 unspecified atom stereocenters. The normalized spacial score (nSPS) is 34.1. The van der Waals surface area contributed by atoms with Crippen molar-refractivity contribution in [3.63, 3.8) is 0 Å². The summed E-state index contributed by atoms with van der Waals surface area (Å²) in [5.41, 5.74) is 2.40. The molecule has 6 atom stereocenters. The van der Waals surface area contributed by atoms with Gasteiger partial charge in [0.05, 0.1) is 20.6 Å². The van der Waals surface area contributed by atoms with Crippen LogP contribution in [0.4, 0.5) is 0 Å². The van der Waals surface area contributed by atoms with Crippen LogP contribution in [0.15, 0.2) is 82.6 Å². The molecule has 0 amide bonds. The lowest BCUT2D eigenvalue weighted by molar-refractivity contribution is -0.130. The lowest BCUT2D eigenvalue weighted by Gasteiger charge is -2.41. The van der Waals surface area contributed by atoms with E-state index in [1.807, 2.05) is 52.0 Å². The maximum Gasteiger partial charge on any atom is 0.243 e. The van der Waals surface area contributed by atoms with Crippen molar-refractivity contribution >= 4 is 31.6 Å². The Kier molecular flexibility index (Phi) is 10.1. The van der Waals surface area contributed by atoms with Crippen LogP contribution in [0, 0.1) is 47.3 Å². The standard InChI is InChI=1S/2C22H29NO3S/c2*1-16(2)22-12-13-23(27(25,26)18-9-7-17(3)8-10-18)15-21(14-22)11-5-4-6-19(21)20(22)24/h2*7-10,19H,1,4-6,11-15H2,2-3H3/t2*19-,21+,22+/m10/s1. The summed E-state index contributed by atoms with van der Waals surface area (Å²) in [6.45, 7) is 17.9. The predicted octanol–water partition coefficient (Wildman–Crippen LogP) is 8.20. The Labute approximate surface area is 323 Å². The van der Waals surface area contributed by atoms with E-state index in [1.54, 1.807) is 32.9 Å². The SMILES string of the molecule is C=C(C)[C@@]12CCN(S(=O)(=O)c3ccc(C)cc3)C[C@]3(CCCC[C@@H]3C1=O)C2.C=C(C)[C@]12CCN(S(=O)(=O)c3ccc(C)cc3)C[C@@]3(CCCC[C@H]3C1=O)C2. The number of sulfonamides is 2. The third kappa shape index (κ3) is 6.22. The number of benzene rings is 2. The molecule has 4 bridgehead atoms. The molecule has 6 aliphatic rings. The van der Waals surface area contributed by atoms with E-state index in [2.05, 4.69) is 13.2 Å². The van der Waals surface area contributed by atoms with Gasteiger partial charge in [-0.2, -0.15) is 8.61 Å². The summed E-state index contributed by atoms with van der Waals surface area (Å²) in [5, 5.41) is 0. The highest BCUT2D eigenvalue weighted by atomic mass is 32.2. The number of carbonyl (C=O) groups is 2. The summed E-state index contributed by atoms with van der Waals surface area (Å²) in [6, 6.07) is 14.2. The summed E-state index contributed by atoms with van der Waals surface area (Å²) in [5.74, 6) is 0.641. The Morgan fingerprint density at radius 3 is 1.28 bits per heavy atom. The summed E-state index contributed by atoms with van der Waals surface area (Å²) in [4.78, 5) is 27.4. The average molecular weight is 775 g/mol. The zero-order valence-corrected chi connectivity index (χ0v) is 34.3. The molecule has 2 spiro atoms. The second kappa shape index (κ2) is 13.9. The van der Waals surface area contributed by atoms with E-state index in [-0.39, 0.29) is 22.7 Å². The van der Waals surface area contributed by atoms with E-state index in [1.165, 1.54) is 0 Å². The summed E-state index contributed by atoms with van der Waals surface area (Å²) in [7, 11) is -7.12. The maximum atomic E-state index is 13.4. The summed E-state index contributed by atoms with van der Waals surface area (Å²) in [6.07, 6.45) is 10.6. The van der Waals surface area contributed by atoms with Crippen LogP contribution in [-0.2, 0) is 29.6 Å². The van der Waals surface area contributed by atoms with E-state index in [0.717, 1.165) is 86.5 Å². The van der Waals surface area contributed by atoms with Gasteiger partial charge in [-0.15, -0.1) is 0 Å². The average Bonchev–Trinajstić information content (AvgIpc) is 3.34.